The van der Waals surface area contributed by atoms with Crippen LogP contribution in [0.15, 0.2) is 0 Å². The maximum atomic E-state index is 10.6. The molecule has 4 nitrogen and oxygen atoms in total. The van der Waals surface area contributed by atoms with Crippen molar-refractivity contribution >= 4 is 7.82 Å². The lowest BCUT2D eigenvalue weighted by atomic mass is 9.97. The van der Waals surface area contributed by atoms with Crippen LogP contribution in [-0.4, -0.2) is 15.4 Å². The summed E-state index contributed by atoms with van der Waals surface area (Å²) < 4.78 is 15.4. The zero-order valence-corrected chi connectivity index (χ0v) is 9.38. The van der Waals surface area contributed by atoms with Crippen LogP contribution in [0.4, 0.5) is 0 Å². The van der Waals surface area contributed by atoms with Crippen LogP contribution >= 0.6 is 7.82 Å². The molecule has 0 aliphatic heterocycles. The number of phosphoric ester groups is 1. The van der Waals surface area contributed by atoms with Crippen molar-refractivity contribution in [2.45, 2.75) is 52.1 Å². The fourth-order valence-corrected chi connectivity index (χ4v) is 1.92. The Morgan fingerprint density at radius 1 is 1.38 bits per heavy atom. The van der Waals surface area contributed by atoms with E-state index in [1.165, 1.54) is 0 Å². The summed E-state index contributed by atoms with van der Waals surface area (Å²) in [5.41, 5.74) is -0.685. The zero-order chi connectivity index (χ0) is 10.5. The van der Waals surface area contributed by atoms with Gasteiger partial charge in [0.1, 0.15) is 0 Å². The van der Waals surface area contributed by atoms with E-state index in [4.69, 9.17) is 14.3 Å². The van der Waals surface area contributed by atoms with Gasteiger partial charge in [0.05, 0.1) is 5.60 Å². The Morgan fingerprint density at radius 3 is 2.23 bits per heavy atom. The topological polar surface area (TPSA) is 66.8 Å². The molecule has 0 heterocycles. The Labute approximate surface area is 79.5 Å². The minimum atomic E-state index is -4.34. The van der Waals surface area contributed by atoms with Gasteiger partial charge in [-0.2, -0.15) is 0 Å². The number of hydrogen-bond acceptors (Lipinski definition) is 2. The molecule has 0 spiro atoms. The van der Waals surface area contributed by atoms with Gasteiger partial charge in [0, 0.05) is 0 Å². The van der Waals surface area contributed by atoms with Crippen LogP contribution in [0.2, 0.25) is 0 Å². The highest BCUT2D eigenvalue weighted by Crippen LogP contribution is 2.44. The van der Waals surface area contributed by atoms with Crippen LogP contribution in [0.5, 0.6) is 0 Å². The van der Waals surface area contributed by atoms with Crippen LogP contribution < -0.4 is 0 Å². The van der Waals surface area contributed by atoms with Crippen molar-refractivity contribution in [2.24, 2.45) is 0 Å². The van der Waals surface area contributed by atoms with E-state index in [1.54, 1.807) is 6.92 Å². The fourth-order valence-electron chi connectivity index (χ4n) is 1.12. The van der Waals surface area contributed by atoms with Gasteiger partial charge in [-0.3, -0.25) is 4.52 Å². The maximum Gasteiger partial charge on any atom is 0.470 e. The molecule has 0 aromatic rings. The monoisotopic (exact) mass is 210 g/mol. The Hall–Kier alpha value is 0.110. The smallest absolute Gasteiger partial charge is 0.303 e. The van der Waals surface area contributed by atoms with Gasteiger partial charge < -0.3 is 9.79 Å². The van der Waals surface area contributed by atoms with Crippen molar-refractivity contribution in [2.75, 3.05) is 0 Å². The van der Waals surface area contributed by atoms with Crippen molar-refractivity contribution in [1.29, 1.82) is 0 Å². The van der Waals surface area contributed by atoms with Gasteiger partial charge in [0.15, 0.2) is 0 Å². The largest absolute Gasteiger partial charge is 0.470 e. The summed E-state index contributed by atoms with van der Waals surface area (Å²) in [4.78, 5) is 17.3. The normalized spacial score (nSPS) is 17.0. The molecular formula is C8H19O4P. The second kappa shape index (κ2) is 5.11. The van der Waals surface area contributed by atoms with Crippen molar-refractivity contribution in [1.82, 2.24) is 0 Å². The van der Waals surface area contributed by atoms with Crippen LogP contribution in [-0.2, 0) is 9.09 Å². The van der Waals surface area contributed by atoms with Crippen LogP contribution in [0.1, 0.15) is 46.5 Å². The molecule has 0 amide bonds. The molecule has 0 saturated heterocycles. The summed E-state index contributed by atoms with van der Waals surface area (Å²) >= 11 is 0. The molecule has 5 heteroatoms. The fraction of sp³-hybridized carbons (Fsp3) is 1.00. The summed E-state index contributed by atoms with van der Waals surface area (Å²) in [6.45, 7) is 5.64. The van der Waals surface area contributed by atoms with Gasteiger partial charge in [0.25, 0.3) is 0 Å². The van der Waals surface area contributed by atoms with E-state index in [1.807, 2.05) is 13.8 Å². The van der Waals surface area contributed by atoms with E-state index in [-0.39, 0.29) is 0 Å². The molecule has 0 aromatic carbocycles. The zero-order valence-electron chi connectivity index (χ0n) is 8.49. The third-order valence-electron chi connectivity index (χ3n) is 2.15. The van der Waals surface area contributed by atoms with E-state index in [2.05, 4.69) is 0 Å². The first-order chi connectivity index (χ1) is 5.83. The summed E-state index contributed by atoms with van der Waals surface area (Å²) in [6, 6.07) is 0. The van der Waals surface area contributed by atoms with E-state index in [0.717, 1.165) is 12.8 Å². The second-order valence-corrected chi connectivity index (χ2v) is 4.65. The van der Waals surface area contributed by atoms with E-state index in [9.17, 15) is 4.57 Å². The highest BCUT2D eigenvalue weighted by molar-refractivity contribution is 7.46. The van der Waals surface area contributed by atoms with E-state index in [0.29, 0.717) is 12.8 Å². The summed E-state index contributed by atoms with van der Waals surface area (Å²) in [5.74, 6) is 0. The molecular weight excluding hydrogens is 191 g/mol. The lowest BCUT2D eigenvalue weighted by Crippen LogP contribution is -2.26. The second-order valence-electron chi connectivity index (χ2n) is 3.49. The quantitative estimate of drug-likeness (QED) is 0.661. The van der Waals surface area contributed by atoms with Gasteiger partial charge in [-0.15, -0.1) is 0 Å². The van der Waals surface area contributed by atoms with Crippen LogP contribution in [0.25, 0.3) is 0 Å². The molecule has 2 N–H and O–H groups in total. The highest BCUT2D eigenvalue weighted by atomic mass is 31.2. The minimum Gasteiger partial charge on any atom is -0.303 e. The Bertz CT molecular complexity index is 189. The molecule has 0 saturated carbocycles. The third kappa shape index (κ3) is 6.22. The van der Waals surface area contributed by atoms with E-state index < -0.39 is 13.4 Å². The molecule has 1 atom stereocenters. The number of unbranched alkanes of at least 4 members (excludes halogenated alkanes) is 1. The Balaban J connectivity index is 4.19. The maximum absolute atomic E-state index is 10.6. The van der Waals surface area contributed by atoms with E-state index >= 15 is 0 Å². The highest BCUT2D eigenvalue weighted by Gasteiger charge is 2.30. The molecule has 80 valence electrons. The van der Waals surface area contributed by atoms with Crippen molar-refractivity contribution in [3.8, 4) is 0 Å². The molecule has 0 aliphatic rings. The molecule has 0 bridgehead atoms. The Morgan fingerprint density at radius 2 is 1.92 bits per heavy atom. The van der Waals surface area contributed by atoms with Gasteiger partial charge in [-0.1, -0.05) is 26.7 Å². The van der Waals surface area contributed by atoms with Crippen LogP contribution in [0.3, 0.4) is 0 Å². The number of hydrogen-bond donors (Lipinski definition) is 2. The van der Waals surface area contributed by atoms with Gasteiger partial charge in [-0.25, -0.2) is 4.57 Å². The predicted octanol–water partition coefficient (Wildman–Crippen LogP) is 2.45. The van der Waals surface area contributed by atoms with Crippen molar-refractivity contribution < 1.29 is 18.9 Å². The average Bonchev–Trinajstić information content (AvgIpc) is 1.98. The molecule has 0 aliphatic carbocycles. The first-order valence-electron chi connectivity index (χ1n) is 4.59. The summed E-state index contributed by atoms with van der Waals surface area (Å²) in [6.07, 6.45) is 3.22. The Kier molecular flexibility index (Phi) is 5.15. The minimum absolute atomic E-state index is 0.609. The first-order valence-corrected chi connectivity index (χ1v) is 6.12. The number of rotatable bonds is 6. The molecule has 13 heavy (non-hydrogen) atoms. The first kappa shape index (κ1) is 13.1. The van der Waals surface area contributed by atoms with Crippen LogP contribution in [0, 0.1) is 0 Å². The molecule has 0 aromatic heterocycles. The predicted molar refractivity (Wildman–Crippen MR) is 51.4 cm³/mol. The molecule has 0 rings (SSSR count). The average molecular weight is 210 g/mol. The molecule has 0 radical (unpaired) electrons. The molecule has 0 fully saturated rings. The van der Waals surface area contributed by atoms with Crippen molar-refractivity contribution in [3.05, 3.63) is 0 Å². The number of phosphoric acid groups is 1. The van der Waals surface area contributed by atoms with Gasteiger partial charge in [0.2, 0.25) is 0 Å². The lowest BCUT2D eigenvalue weighted by molar-refractivity contribution is 0.0370. The lowest BCUT2D eigenvalue weighted by Gasteiger charge is -2.28. The van der Waals surface area contributed by atoms with Crippen molar-refractivity contribution in [3.63, 3.8) is 0 Å². The summed E-state index contributed by atoms with van der Waals surface area (Å²) in [7, 11) is -4.34. The summed E-state index contributed by atoms with van der Waals surface area (Å²) in [5, 5.41) is 0. The SMILES string of the molecule is CCCCC(C)(CC)OP(=O)(O)O. The standard InChI is InChI=1S/C8H19O4P/c1-4-6-7-8(3,5-2)12-13(9,10)11/h4-7H2,1-3H3,(H2,9,10,11). The molecule has 1 unspecified atom stereocenters. The van der Waals surface area contributed by atoms with Gasteiger partial charge in [-0.05, 0) is 19.8 Å². The third-order valence-corrected chi connectivity index (χ3v) is 2.82. The van der Waals surface area contributed by atoms with Gasteiger partial charge >= 0.3 is 7.82 Å².